The first kappa shape index (κ1) is 19.4. The fourth-order valence-electron chi connectivity index (χ4n) is 2.97. The number of amides is 2. The molecule has 0 atom stereocenters. The van der Waals surface area contributed by atoms with Gasteiger partial charge in [0, 0.05) is 30.0 Å². The van der Waals surface area contributed by atoms with Gasteiger partial charge in [-0.25, -0.2) is 4.79 Å². The number of nitrogens with zero attached hydrogens (tertiary/aromatic N) is 1. The lowest BCUT2D eigenvalue weighted by atomic mass is 10.2. The molecule has 0 radical (unpaired) electrons. The molecule has 3 rings (SSSR count). The summed E-state index contributed by atoms with van der Waals surface area (Å²) < 4.78 is 4.93. The van der Waals surface area contributed by atoms with E-state index >= 15 is 0 Å². The molecular weight excluding hydrogens is 358 g/mol. The van der Waals surface area contributed by atoms with Crippen molar-refractivity contribution in [2.45, 2.75) is 19.8 Å². The lowest BCUT2D eigenvalue weighted by Crippen LogP contribution is -2.24. The van der Waals surface area contributed by atoms with E-state index in [1.807, 2.05) is 12.1 Å². The monoisotopic (exact) mass is 381 g/mol. The van der Waals surface area contributed by atoms with Gasteiger partial charge in [0.15, 0.2) is 0 Å². The van der Waals surface area contributed by atoms with Crippen LogP contribution in [0.3, 0.4) is 0 Å². The van der Waals surface area contributed by atoms with Crippen LogP contribution in [0.2, 0.25) is 0 Å². The van der Waals surface area contributed by atoms with Gasteiger partial charge in [-0.1, -0.05) is 0 Å². The Labute approximate surface area is 163 Å². The first-order valence-electron chi connectivity index (χ1n) is 9.28. The second kappa shape index (κ2) is 9.03. The highest BCUT2D eigenvalue weighted by Gasteiger charge is 2.21. The Kier molecular flexibility index (Phi) is 6.26. The average molecular weight is 381 g/mol. The van der Waals surface area contributed by atoms with Crippen molar-refractivity contribution in [3.63, 3.8) is 0 Å². The van der Waals surface area contributed by atoms with E-state index in [2.05, 4.69) is 10.6 Å². The molecule has 0 saturated carbocycles. The number of hydrogen-bond acceptors (Lipinski definition) is 5. The highest BCUT2D eigenvalue weighted by atomic mass is 16.5. The summed E-state index contributed by atoms with van der Waals surface area (Å²) in [5.74, 6) is -0.430. The van der Waals surface area contributed by atoms with Crippen molar-refractivity contribution in [2.75, 3.05) is 35.2 Å². The van der Waals surface area contributed by atoms with Crippen molar-refractivity contribution >= 4 is 34.8 Å². The van der Waals surface area contributed by atoms with Crippen LogP contribution >= 0.6 is 0 Å². The van der Waals surface area contributed by atoms with Gasteiger partial charge >= 0.3 is 5.97 Å². The molecule has 0 bridgehead atoms. The highest BCUT2D eigenvalue weighted by Crippen LogP contribution is 2.23. The van der Waals surface area contributed by atoms with Crippen molar-refractivity contribution in [1.82, 2.24) is 0 Å². The van der Waals surface area contributed by atoms with E-state index in [1.165, 1.54) is 0 Å². The Bertz CT molecular complexity index is 847. The van der Waals surface area contributed by atoms with Crippen LogP contribution < -0.4 is 15.5 Å². The zero-order valence-electron chi connectivity index (χ0n) is 15.7. The highest BCUT2D eigenvalue weighted by molar-refractivity contribution is 5.97. The minimum Gasteiger partial charge on any atom is -0.462 e. The van der Waals surface area contributed by atoms with Crippen LogP contribution in [0.5, 0.6) is 0 Å². The molecular formula is C21H23N3O4. The normalized spacial score (nSPS) is 13.3. The number of ether oxygens (including phenoxy) is 1. The molecule has 1 aliphatic rings. The summed E-state index contributed by atoms with van der Waals surface area (Å²) in [4.78, 5) is 37.3. The number of hydrogen-bond donors (Lipinski definition) is 2. The Balaban J connectivity index is 1.49. The Morgan fingerprint density at radius 3 is 2.32 bits per heavy atom. The maximum Gasteiger partial charge on any atom is 0.338 e. The Morgan fingerprint density at radius 2 is 1.71 bits per heavy atom. The van der Waals surface area contributed by atoms with Crippen LogP contribution in [0.25, 0.3) is 0 Å². The van der Waals surface area contributed by atoms with Crippen LogP contribution in [0.15, 0.2) is 48.5 Å². The van der Waals surface area contributed by atoms with Crippen LogP contribution in [0.4, 0.5) is 17.1 Å². The lowest BCUT2D eigenvalue weighted by Gasteiger charge is -2.16. The molecule has 2 aromatic rings. The van der Waals surface area contributed by atoms with Gasteiger partial charge in [-0.05, 0) is 61.9 Å². The third-order valence-electron chi connectivity index (χ3n) is 4.39. The van der Waals surface area contributed by atoms with Gasteiger partial charge in [-0.2, -0.15) is 0 Å². The maximum atomic E-state index is 12.1. The molecule has 0 aliphatic carbocycles. The molecule has 146 valence electrons. The first-order chi connectivity index (χ1) is 13.6. The van der Waals surface area contributed by atoms with E-state index in [0.29, 0.717) is 24.3 Å². The van der Waals surface area contributed by atoms with E-state index in [-0.39, 0.29) is 24.3 Å². The smallest absolute Gasteiger partial charge is 0.338 e. The zero-order valence-corrected chi connectivity index (χ0v) is 15.7. The van der Waals surface area contributed by atoms with Crippen molar-refractivity contribution in [2.24, 2.45) is 0 Å². The fraction of sp³-hybridized carbons (Fsp3) is 0.286. The van der Waals surface area contributed by atoms with Crippen LogP contribution in [0, 0.1) is 0 Å². The van der Waals surface area contributed by atoms with Gasteiger partial charge in [0.2, 0.25) is 11.8 Å². The van der Waals surface area contributed by atoms with Crippen LogP contribution in [-0.2, 0) is 14.3 Å². The van der Waals surface area contributed by atoms with Crippen molar-refractivity contribution < 1.29 is 19.1 Å². The van der Waals surface area contributed by atoms with Crippen LogP contribution in [0.1, 0.15) is 30.1 Å². The van der Waals surface area contributed by atoms with Crippen molar-refractivity contribution in [3.8, 4) is 0 Å². The number of carbonyl (C=O) groups is 3. The Hall–Kier alpha value is -3.35. The molecule has 1 fully saturated rings. The second-order valence-electron chi connectivity index (χ2n) is 6.40. The molecule has 1 aliphatic heterocycles. The van der Waals surface area contributed by atoms with Gasteiger partial charge in [-0.3, -0.25) is 9.59 Å². The summed E-state index contributed by atoms with van der Waals surface area (Å²) in [5, 5.41) is 5.82. The van der Waals surface area contributed by atoms with Gasteiger partial charge in [0.05, 0.1) is 18.7 Å². The van der Waals surface area contributed by atoms with E-state index in [0.717, 1.165) is 24.3 Å². The van der Waals surface area contributed by atoms with E-state index in [9.17, 15) is 14.4 Å². The number of benzene rings is 2. The van der Waals surface area contributed by atoms with E-state index < -0.39 is 0 Å². The molecule has 2 N–H and O–H groups in total. The molecule has 1 saturated heterocycles. The van der Waals surface area contributed by atoms with Crippen molar-refractivity contribution in [1.29, 1.82) is 0 Å². The summed E-state index contributed by atoms with van der Waals surface area (Å²) in [6.45, 7) is 2.91. The molecule has 0 aromatic heterocycles. The number of nitrogens with one attached hydrogen (secondary N) is 2. The summed E-state index contributed by atoms with van der Waals surface area (Å²) in [6, 6.07) is 14.0. The summed E-state index contributed by atoms with van der Waals surface area (Å²) in [6.07, 6.45) is 1.47. The lowest BCUT2D eigenvalue weighted by molar-refractivity contribution is -0.117. The number of rotatable bonds is 7. The standard InChI is InChI=1S/C21H23N3O4/c1-2-28-21(27)15-5-7-16(8-6-15)22-14-19(25)23-17-9-11-18(12-10-17)24-13-3-4-20(24)26/h5-12,22H,2-4,13-14H2,1H3,(H,23,25). The van der Waals surface area contributed by atoms with Gasteiger partial charge in [-0.15, -0.1) is 0 Å². The third-order valence-corrected chi connectivity index (χ3v) is 4.39. The number of esters is 1. The van der Waals surface area contributed by atoms with Gasteiger partial charge in [0.1, 0.15) is 0 Å². The summed E-state index contributed by atoms with van der Waals surface area (Å²) >= 11 is 0. The molecule has 2 amide bonds. The number of carbonyl (C=O) groups excluding carboxylic acids is 3. The molecule has 7 heteroatoms. The van der Waals surface area contributed by atoms with E-state index in [4.69, 9.17) is 4.74 Å². The third kappa shape index (κ3) is 4.88. The molecule has 0 spiro atoms. The SMILES string of the molecule is CCOC(=O)c1ccc(NCC(=O)Nc2ccc(N3CCCC3=O)cc2)cc1. The number of anilines is 3. The average Bonchev–Trinajstić information content (AvgIpc) is 3.13. The van der Waals surface area contributed by atoms with Gasteiger partial charge < -0.3 is 20.3 Å². The fourth-order valence-corrected chi connectivity index (χ4v) is 2.97. The molecule has 1 heterocycles. The minimum atomic E-state index is -0.370. The van der Waals surface area contributed by atoms with Crippen molar-refractivity contribution in [3.05, 3.63) is 54.1 Å². The molecule has 28 heavy (non-hydrogen) atoms. The predicted octanol–water partition coefficient (Wildman–Crippen LogP) is 3.04. The minimum absolute atomic E-state index is 0.0884. The quantitative estimate of drug-likeness (QED) is 0.720. The van der Waals surface area contributed by atoms with Crippen LogP contribution in [-0.4, -0.2) is 37.5 Å². The topological polar surface area (TPSA) is 87.7 Å². The maximum absolute atomic E-state index is 12.1. The van der Waals surface area contributed by atoms with Gasteiger partial charge in [0.25, 0.3) is 0 Å². The summed E-state index contributed by atoms with van der Waals surface area (Å²) in [5.41, 5.74) is 2.71. The largest absolute Gasteiger partial charge is 0.462 e. The molecule has 2 aromatic carbocycles. The molecule has 0 unspecified atom stereocenters. The Morgan fingerprint density at radius 1 is 1.04 bits per heavy atom. The van der Waals surface area contributed by atoms with E-state index in [1.54, 1.807) is 48.2 Å². The first-order valence-corrected chi connectivity index (χ1v) is 9.28. The predicted molar refractivity (Wildman–Crippen MR) is 108 cm³/mol. The molecule has 7 nitrogen and oxygen atoms in total. The zero-order chi connectivity index (χ0) is 19.9. The summed E-state index contributed by atoms with van der Waals surface area (Å²) in [7, 11) is 0. The second-order valence-corrected chi connectivity index (χ2v) is 6.40.